The number of hydrogen-bond acceptors (Lipinski definition) is 6. The van der Waals surface area contributed by atoms with Crippen molar-refractivity contribution >= 4 is 39.9 Å². The molecule has 3 heterocycles. The first-order valence-electron chi connectivity index (χ1n) is 13.0. The Balaban J connectivity index is 1.31. The average Bonchev–Trinajstić information content (AvgIpc) is 3.43. The van der Waals surface area contributed by atoms with Crippen molar-refractivity contribution in [2.45, 2.75) is 64.1 Å². The van der Waals surface area contributed by atoms with E-state index in [1.54, 1.807) is 0 Å². The fraction of sp³-hybridized carbons (Fsp3) is 0.640. The SMILES string of the molecule is O=C(Cn1nc(C(F)(F)F)c2c1CCCC2)Nc1sc2c(c1C(=O)NCCN1CCSCC1)CCCC2. The maximum absolute atomic E-state index is 13.5. The maximum atomic E-state index is 13.5. The Labute approximate surface area is 222 Å². The number of fused-ring (bicyclic) bond motifs is 2. The molecule has 0 bridgehead atoms. The first-order valence-corrected chi connectivity index (χ1v) is 15.0. The summed E-state index contributed by atoms with van der Waals surface area (Å²) >= 11 is 3.35. The fourth-order valence-electron chi connectivity index (χ4n) is 5.47. The summed E-state index contributed by atoms with van der Waals surface area (Å²) in [4.78, 5) is 29.8. The highest BCUT2D eigenvalue weighted by Crippen LogP contribution is 2.39. The van der Waals surface area contributed by atoms with Crippen LogP contribution in [-0.4, -0.2) is 64.2 Å². The molecule has 2 aliphatic carbocycles. The maximum Gasteiger partial charge on any atom is 0.435 e. The molecule has 0 spiro atoms. The van der Waals surface area contributed by atoms with E-state index in [1.165, 1.54) is 16.0 Å². The largest absolute Gasteiger partial charge is 0.435 e. The van der Waals surface area contributed by atoms with Crippen molar-refractivity contribution in [1.82, 2.24) is 20.0 Å². The number of amides is 2. The summed E-state index contributed by atoms with van der Waals surface area (Å²) in [6.45, 7) is 3.04. The van der Waals surface area contributed by atoms with E-state index in [2.05, 4.69) is 20.6 Å². The lowest BCUT2D eigenvalue weighted by Gasteiger charge is -2.26. The highest BCUT2D eigenvalue weighted by atomic mass is 32.2. The molecule has 1 fully saturated rings. The third-order valence-corrected chi connectivity index (χ3v) is 9.44. The minimum atomic E-state index is -4.55. The Morgan fingerprint density at radius 1 is 0.973 bits per heavy atom. The molecule has 2 N–H and O–H groups in total. The quantitative estimate of drug-likeness (QED) is 0.537. The number of hydrogen-bond donors (Lipinski definition) is 2. The van der Waals surface area contributed by atoms with Crippen LogP contribution in [0.4, 0.5) is 18.2 Å². The fourth-order valence-corrected chi connectivity index (χ4v) is 7.75. The van der Waals surface area contributed by atoms with Crippen LogP contribution in [0.25, 0.3) is 0 Å². The lowest BCUT2D eigenvalue weighted by atomic mass is 9.95. The van der Waals surface area contributed by atoms with Crippen LogP contribution in [0.2, 0.25) is 0 Å². The second-order valence-electron chi connectivity index (χ2n) is 9.81. The molecule has 0 radical (unpaired) electrons. The number of thioether (sulfide) groups is 1. The van der Waals surface area contributed by atoms with Gasteiger partial charge in [-0.25, -0.2) is 0 Å². The molecular formula is C25H32F3N5O2S2. The molecule has 37 heavy (non-hydrogen) atoms. The van der Waals surface area contributed by atoms with Crippen LogP contribution in [0.1, 0.15) is 63.4 Å². The predicted octanol–water partition coefficient (Wildman–Crippen LogP) is 4.14. The average molecular weight is 556 g/mol. The van der Waals surface area contributed by atoms with Crippen LogP contribution in [0.15, 0.2) is 0 Å². The summed E-state index contributed by atoms with van der Waals surface area (Å²) in [7, 11) is 0. The Morgan fingerprint density at radius 3 is 2.43 bits per heavy atom. The summed E-state index contributed by atoms with van der Waals surface area (Å²) in [6.07, 6.45) is 1.38. The van der Waals surface area contributed by atoms with E-state index >= 15 is 0 Å². The van der Waals surface area contributed by atoms with Crippen LogP contribution in [0.3, 0.4) is 0 Å². The van der Waals surface area contributed by atoms with E-state index in [4.69, 9.17) is 0 Å². The van der Waals surface area contributed by atoms with Crippen LogP contribution in [0.5, 0.6) is 0 Å². The number of nitrogens with one attached hydrogen (secondary N) is 2. The first-order chi connectivity index (χ1) is 17.8. The van der Waals surface area contributed by atoms with Gasteiger partial charge in [0.1, 0.15) is 11.5 Å². The van der Waals surface area contributed by atoms with Crippen molar-refractivity contribution in [2.24, 2.45) is 0 Å². The number of alkyl halides is 3. The monoisotopic (exact) mass is 555 g/mol. The normalized spacial score (nSPS) is 18.2. The molecule has 2 amide bonds. The molecule has 202 valence electrons. The summed E-state index contributed by atoms with van der Waals surface area (Å²) in [5.74, 6) is 1.54. The molecule has 3 aliphatic rings. The van der Waals surface area contributed by atoms with Gasteiger partial charge in [-0.3, -0.25) is 19.2 Å². The van der Waals surface area contributed by atoms with Gasteiger partial charge in [0.05, 0.1) is 5.56 Å². The summed E-state index contributed by atoms with van der Waals surface area (Å²) < 4.78 is 41.8. The van der Waals surface area contributed by atoms with E-state index in [0.717, 1.165) is 73.7 Å². The van der Waals surface area contributed by atoms with Gasteiger partial charge in [-0.1, -0.05) is 0 Å². The van der Waals surface area contributed by atoms with Gasteiger partial charge in [0.2, 0.25) is 5.91 Å². The van der Waals surface area contributed by atoms with Gasteiger partial charge < -0.3 is 10.6 Å². The number of rotatable bonds is 7. The van der Waals surface area contributed by atoms with Crippen LogP contribution in [-0.2, 0) is 43.2 Å². The van der Waals surface area contributed by atoms with Crippen molar-refractivity contribution in [3.8, 4) is 0 Å². The predicted molar refractivity (Wildman–Crippen MR) is 140 cm³/mol. The van der Waals surface area contributed by atoms with Crippen molar-refractivity contribution < 1.29 is 22.8 Å². The zero-order chi connectivity index (χ0) is 26.0. The molecule has 5 rings (SSSR count). The highest BCUT2D eigenvalue weighted by molar-refractivity contribution is 7.99. The Kier molecular flexibility index (Phi) is 8.16. The highest BCUT2D eigenvalue weighted by Gasteiger charge is 2.39. The van der Waals surface area contributed by atoms with E-state index in [-0.39, 0.29) is 18.0 Å². The summed E-state index contributed by atoms with van der Waals surface area (Å²) in [6, 6.07) is 0. The lowest BCUT2D eigenvalue weighted by Crippen LogP contribution is -2.39. The van der Waals surface area contributed by atoms with Crippen LogP contribution in [0, 0.1) is 0 Å². The molecule has 0 aromatic carbocycles. The van der Waals surface area contributed by atoms with E-state index in [0.29, 0.717) is 42.1 Å². The molecule has 2 aromatic rings. The lowest BCUT2D eigenvalue weighted by molar-refractivity contribution is -0.142. The van der Waals surface area contributed by atoms with Gasteiger partial charge in [0.15, 0.2) is 5.69 Å². The van der Waals surface area contributed by atoms with E-state index in [1.807, 2.05) is 11.8 Å². The number of carbonyl (C=O) groups excluding carboxylic acids is 2. The second kappa shape index (κ2) is 11.4. The Bertz CT molecular complexity index is 1150. The van der Waals surface area contributed by atoms with Gasteiger partial charge >= 0.3 is 6.18 Å². The minimum Gasteiger partial charge on any atom is -0.351 e. The molecule has 0 saturated carbocycles. The molecular weight excluding hydrogens is 523 g/mol. The van der Waals surface area contributed by atoms with E-state index < -0.39 is 17.8 Å². The van der Waals surface area contributed by atoms with Gasteiger partial charge in [-0.05, 0) is 56.9 Å². The van der Waals surface area contributed by atoms with E-state index in [9.17, 15) is 22.8 Å². The van der Waals surface area contributed by atoms with Crippen LogP contribution >= 0.6 is 23.1 Å². The van der Waals surface area contributed by atoms with Crippen molar-refractivity contribution in [1.29, 1.82) is 0 Å². The standard InChI is InChI=1S/C25H32F3N5O2S2/c26-25(27,28)22-16-5-1-3-7-18(16)33(31-22)15-20(34)30-24-21(17-6-2-4-8-19(17)37-24)23(35)29-9-10-32-11-13-36-14-12-32/h1-15H2,(H,29,35)(H,30,34). The number of nitrogens with zero attached hydrogens (tertiary/aromatic N) is 3. The number of aryl methyl sites for hydroxylation is 1. The molecule has 0 atom stereocenters. The first kappa shape index (κ1) is 26.6. The molecule has 1 aliphatic heterocycles. The van der Waals surface area contributed by atoms with Gasteiger partial charge in [-0.15, -0.1) is 11.3 Å². The molecule has 7 nitrogen and oxygen atoms in total. The summed E-state index contributed by atoms with van der Waals surface area (Å²) in [5, 5.41) is 10.2. The number of thiophene rings is 1. The van der Waals surface area contributed by atoms with Crippen molar-refractivity contribution in [3.63, 3.8) is 0 Å². The third kappa shape index (κ3) is 6.01. The zero-order valence-electron chi connectivity index (χ0n) is 20.7. The number of aromatic nitrogens is 2. The Morgan fingerprint density at radius 2 is 1.68 bits per heavy atom. The zero-order valence-corrected chi connectivity index (χ0v) is 22.3. The van der Waals surface area contributed by atoms with Gasteiger partial charge in [-0.2, -0.15) is 30.0 Å². The summed E-state index contributed by atoms with van der Waals surface area (Å²) in [5.41, 5.74) is 1.34. The number of carbonyl (C=O) groups is 2. The van der Waals surface area contributed by atoms with Crippen molar-refractivity contribution in [3.05, 3.63) is 33.0 Å². The minimum absolute atomic E-state index is 0.197. The Hall–Kier alpha value is -2.05. The third-order valence-electron chi connectivity index (χ3n) is 7.29. The number of anilines is 1. The molecule has 1 saturated heterocycles. The van der Waals surface area contributed by atoms with Crippen LogP contribution < -0.4 is 10.6 Å². The topological polar surface area (TPSA) is 79.3 Å². The smallest absolute Gasteiger partial charge is 0.351 e. The second-order valence-corrected chi connectivity index (χ2v) is 12.1. The number of halogens is 3. The van der Waals surface area contributed by atoms with Gasteiger partial charge in [0, 0.05) is 53.8 Å². The molecule has 12 heteroatoms. The molecule has 0 unspecified atom stereocenters. The molecule has 2 aromatic heterocycles. The van der Waals surface area contributed by atoms with Gasteiger partial charge in [0.25, 0.3) is 5.91 Å². The van der Waals surface area contributed by atoms with Crippen molar-refractivity contribution in [2.75, 3.05) is 43.0 Å².